The molecule has 0 unspecified atom stereocenters. The third-order valence-electron chi connectivity index (χ3n) is 7.41. The Morgan fingerprint density at radius 2 is 2.00 bits per heavy atom. The van der Waals surface area contributed by atoms with E-state index in [9.17, 15) is 9.90 Å². The van der Waals surface area contributed by atoms with Crippen LogP contribution in [0.1, 0.15) is 73.1 Å². The Kier molecular flexibility index (Phi) is 6.09. The number of ether oxygens (including phenoxy) is 2. The minimum Gasteiger partial charge on any atom is -0.504 e. The minimum absolute atomic E-state index is 0.184. The molecule has 0 aromatic heterocycles. The number of likely N-dealkylation sites (tertiary alicyclic amines) is 1. The molecular formula is C27H33NO4. The molecule has 1 atom stereocenters. The molecule has 2 heterocycles. The zero-order valence-corrected chi connectivity index (χ0v) is 18.9. The van der Waals surface area contributed by atoms with Gasteiger partial charge in [0.2, 0.25) is 0 Å². The van der Waals surface area contributed by atoms with Gasteiger partial charge in [-0.3, -0.25) is 4.79 Å². The van der Waals surface area contributed by atoms with Gasteiger partial charge in [0.15, 0.2) is 11.5 Å². The van der Waals surface area contributed by atoms with E-state index >= 15 is 0 Å². The predicted octanol–water partition coefficient (Wildman–Crippen LogP) is 4.94. The van der Waals surface area contributed by atoms with Gasteiger partial charge in [-0.05, 0) is 72.9 Å². The molecule has 1 aliphatic carbocycles. The van der Waals surface area contributed by atoms with Crippen LogP contribution >= 0.6 is 0 Å². The van der Waals surface area contributed by atoms with Gasteiger partial charge in [0.25, 0.3) is 0 Å². The van der Waals surface area contributed by atoms with E-state index in [1.807, 2.05) is 0 Å². The van der Waals surface area contributed by atoms with Crippen LogP contribution in [0.3, 0.4) is 0 Å². The van der Waals surface area contributed by atoms with Crippen LogP contribution in [0.15, 0.2) is 30.3 Å². The lowest BCUT2D eigenvalue weighted by Gasteiger charge is -2.23. The van der Waals surface area contributed by atoms with Crippen molar-refractivity contribution in [3.63, 3.8) is 0 Å². The van der Waals surface area contributed by atoms with Crippen LogP contribution < -0.4 is 9.47 Å². The fourth-order valence-corrected chi connectivity index (χ4v) is 5.81. The molecule has 0 radical (unpaired) electrons. The zero-order valence-electron chi connectivity index (χ0n) is 18.9. The first kappa shape index (κ1) is 21.3. The Bertz CT molecular complexity index is 995. The Labute approximate surface area is 190 Å². The van der Waals surface area contributed by atoms with Crippen molar-refractivity contribution in [1.29, 1.82) is 0 Å². The Morgan fingerprint density at radius 3 is 2.81 bits per heavy atom. The third-order valence-corrected chi connectivity index (χ3v) is 7.41. The Morgan fingerprint density at radius 1 is 1.16 bits per heavy atom. The molecule has 0 amide bonds. The number of carbonyl (C=O) groups excluding carboxylic acids is 1. The van der Waals surface area contributed by atoms with Gasteiger partial charge in [0.05, 0.1) is 6.61 Å². The minimum atomic E-state index is -0.393. The Balaban J connectivity index is 1.29. The highest BCUT2D eigenvalue weighted by molar-refractivity contribution is 5.71. The van der Waals surface area contributed by atoms with Gasteiger partial charge in [-0.15, -0.1) is 0 Å². The highest BCUT2D eigenvalue weighted by Crippen LogP contribution is 2.47. The second-order valence-electron chi connectivity index (χ2n) is 9.57. The van der Waals surface area contributed by atoms with Crippen LogP contribution in [-0.2, 0) is 17.6 Å². The molecule has 3 aliphatic rings. The fourth-order valence-electron chi connectivity index (χ4n) is 5.81. The van der Waals surface area contributed by atoms with E-state index in [4.69, 9.17) is 9.47 Å². The number of carbonyl (C=O) groups is 1. The number of aromatic hydroxyl groups is 1. The molecule has 5 heteroatoms. The number of nitrogens with zero attached hydrogens (tertiary/aromatic N) is 1. The van der Waals surface area contributed by atoms with E-state index in [0.717, 1.165) is 69.7 Å². The van der Waals surface area contributed by atoms with Crippen LogP contribution in [0.2, 0.25) is 0 Å². The molecular weight excluding hydrogens is 402 g/mol. The van der Waals surface area contributed by atoms with Crippen molar-refractivity contribution in [3.05, 3.63) is 52.6 Å². The number of hydrogen-bond donors (Lipinski definition) is 1. The van der Waals surface area contributed by atoms with E-state index in [-0.39, 0.29) is 5.75 Å². The summed E-state index contributed by atoms with van der Waals surface area (Å²) in [4.78, 5) is 14.0. The summed E-state index contributed by atoms with van der Waals surface area (Å²) in [5.74, 6) is 1.92. The van der Waals surface area contributed by atoms with Gasteiger partial charge in [-0.1, -0.05) is 31.0 Å². The van der Waals surface area contributed by atoms with Crippen molar-refractivity contribution >= 4 is 5.97 Å². The molecule has 2 fully saturated rings. The quantitative estimate of drug-likeness (QED) is 0.514. The van der Waals surface area contributed by atoms with Crippen LogP contribution in [0, 0.1) is 0 Å². The zero-order chi connectivity index (χ0) is 22.1. The van der Waals surface area contributed by atoms with E-state index in [2.05, 4.69) is 29.2 Å². The molecule has 2 aliphatic heterocycles. The summed E-state index contributed by atoms with van der Waals surface area (Å²) in [6.07, 6.45) is 7.76. The van der Waals surface area contributed by atoms with E-state index in [1.165, 1.54) is 36.5 Å². The second-order valence-corrected chi connectivity index (χ2v) is 9.57. The molecule has 1 saturated carbocycles. The number of hydrogen-bond acceptors (Lipinski definition) is 5. The lowest BCUT2D eigenvalue weighted by molar-refractivity contribution is -0.132. The summed E-state index contributed by atoms with van der Waals surface area (Å²) in [6.45, 7) is 5.33. The van der Waals surface area contributed by atoms with Gasteiger partial charge in [0, 0.05) is 32.0 Å². The summed E-state index contributed by atoms with van der Waals surface area (Å²) in [6, 6.07) is 10.5. The molecule has 5 rings (SSSR count). The highest BCUT2D eigenvalue weighted by Gasteiger charge is 2.32. The largest absolute Gasteiger partial charge is 0.504 e. The molecule has 1 N–H and O–H groups in total. The second kappa shape index (κ2) is 9.14. The Hall–Kier alpha value is -2.53. The smallest absolute Gasteiger partial charge is 0.308 e. The maximum Gasteiger partial charge on any atom is 0.308 e. The first-order valence-corrected chi connectivity index (χ1v) is 12.1. The van der Waals surface area contributed by atoms with Crippen molar-refractivity contribution in [2.45, 2.75) is 63.7 Å². The number of benzene rings is 2. The van der Waals surface area contributed by atoms with Gasteiger partial charge in [-0.25, -0.2) is 0 Å². The SMILES string of the molecule is CC(=O)Oc1ccc([C@@H]2CCN(CCc3ccc4c(c3)CCO4)C2)c(C2CCCC2)c1O. The van der Waals surface area contributed by atoms with Gasteiger partial charge in [0.1, 0.15) is 5.75 Å². The maximum atomic E-state index is 11.5. The number of esters is 1. The topological polar surface area (TPSA) is 59.0 Å². The van der Waals surface area contributed by atoms with Gasteiger partial charge in [-0.2, -0.15) is 0 Å². The lowest BCUT2D eigenvalue weighted by atomic mass is 9.85. The molecule has 5 nitrogen and oxygen atoms in total. The molecule has 2 aromatic rings. The number of phenolic OH excluding ortho intramolecular Hbond substituents is 1. The van der Waals surface area contributed by atoms with E-state index in [1.54, 1.807) is 6.07 Å². The maximum absolute atomic E-state index is 11.5. The van der Waals surface area contributed by atoms with Crippen molar-refractivity contribution in [1.82, 2.24) is 4.90 Å². The van der Waals surface area contributed by atoms with Crippen LogP contribution in [0.25, 0.3) is 0 Å². The summed E-state index contributed by atoms with van der Waals surface area (Å²) in [7, 11) is 0. The van der Waals surface area contributed by atoms with Crippen molar-refractivity contribution in [2.75, 3.05) is 26.2 Å². The first-order chi connectivity index (χ1) is 15.6. The number of rotatable bonds is 6. The summed E-state index contributed by atoms with van der Waals surface area (Å²) in [5.41, 5.74) is 5.01. The molecule has 0 spiro atoms. The van der Waals surface area contributed by atoms with Gasteiger partial charge < -0.3 is 19.5 Å². The fraction of sp³-hybridized carbons (Fsp3) is 0.519. The van der Waals surface area contributed by atoms with Crippen molar-refractivity contribution in [3.8, 4) is 17.2 Å². The molecule has 170 valence electrons. The summed E-state index contributed by atoms with van der Waals surface area (Å²) < 4.78 is 10.9. The highest BCUT2D eigenvalue weighted by atomic mass is 16.5. The molecule has 32 heavy (non-hydrogen) atoms. The standard InChI is InChI=1S/C27H33NO4/c1-18(29)32-25-9-7-23(26(27(25)30)20-4-2-3-5-20)22-11-14-28(17-22)13-10-19-6-8-24-21(16-19)12-15-31-24/h6-9,16,20,22,30H,2-5,10-15,17H2,1H3/t22-/m1/s1. The molecule has 0 bridgehead atoms. The molecule has 2 aromatic carbocycles. The van der Waals surface area contributed by atoms with Crippen LogP contribution in [0.5, 0.6) is 17.2 Å². The van der Waals surface area contributed by atoms with Crippen LogP contribution in [0.4, 0.5) is 0 Å². The number of phenols is 1. The first-order valence-electron chi connectivity index (χ1n) is 12.1. The van der Waals surface area contributed by atoms with Gasteiger partial charge >= 0.3 is 5.97 Å². The average molecular weight is 436 g/mol. The van der Waals surface area contributed by atoms with Crippen LogP contribution in [-0.4, -0.2) is 42.2 Å². The summed E-state index contributed by atoms with van der Waals surface area (Å²) in [5, 5.41) is 11.0. The monoisotopic (exact) mass is 435 g/mol. The van der Waals surface area contributed by atoms with E-state index in [0.29, 0.717) is 17.6 Å². The van der Waals surface area contributed by atoms with E-state index < -0.39 is 5.97 Å². The third kappa shape index (κ3) is 4.36. The normalized spacial score (nSPS) is 21.0. The summed E-state index contributed by atoms with van der Waals surface area (Å²) >= 11 is 0. The number of fused-ring (bicyclic) bond motifs is 1. The lowest BCUT2D eigenvalue weighted by Crippen LogP contribution is -2.23. The predicted molar refractivity (Wildman–Crippen MR) is 124 cm³/mol. The van der Waals surface area contributed by atoms with Crippen molar-refractivity contribution < 1.29 is 19.4 Å². The molecule has 1 saturated heterocycles. The average Bonchev–Trinajstić information content (AvgIpc) is 3.54. The van der Waals surface area contributed by atoms with Crippen molar-refractivity contribution in [2.24, 2.45) is 0 Å².